The Morgan fingerprint density at radius 1 is 1.38 bits per heavy atom. The van der Waals surface area contributed by atoms with Gasteiger partial charge < -0.3 is 0 Å². The van der Waals surface area contributed by atoms with Crippen molar-refractivity contribution in [3.05, 3.63) is 33.8 Å². The van der Waals surface area contributed by atoms with Crippen LogP contribution in [0, 0.1) is 6.92 Å². The van der Waals surface area contributed by atoms with Crippen LogP contribution in [-0.4, -0.2) is 0 Å². The molecule has 0 saturated carbocycles. The van der Waals surface area contributed by atoms with Crippen molar-refractivity contribution in [2.45, 2.75) is 13.5 Å². The minimum Gasteiger partial charge on any atom is -0.271 e. The molecule has 1 aromatic rings. The summed E-state index contributed by atoms with van der Waals surface area (Å²) in [5, 5.41) is 0. The third-order valence-electron chi connectivity index (χ3n) is 1.53. The number of hydrogen-bond acceptors (Lipinski definition) is 2. The summed E-state index contributed by atoms with van der Waals surface area (Å²) in [5.41, 5.74) is 5.05. The fourth-order valence-electron chi connectivity index (χ4n) is 0.935. The van der Waals surface area contributed by atoms with E-state index in [-0.39, 0.29) is 24.8 Å². The van der Waals surface area contributed by atoms with Crippen molar-refractivity contribution in [3.8, 4) is 0 Å². The van der Waals surface area contributed by atoms with Crippen LogP contribution in [-0.2, 0) is 6.54 Å². The van der Waals surface area contributed by atoms with Crippen LogP contribution in [0.3, 0.4) is 0 Å². The molecule has 0 spiro atoms. The predicted octanol–water partition coefficient (Wildman–Crippen LogP) is 2.56. The maximum absolute atomic E-state index is 5.19. The van der Waals surface area contributed by atoms with Crippen LogP contribution < -0.4 is 11.3 Å². The molecule has 0 aliphatic heterocycles. The fourth-order valence-corrected chi connectivity index (χ4v) is 1.18. The molecule has 13 heavy (non-hydrogen) atoms. The first kappa shape index (κ1) is 15.7. The Balaban J connectivity index is 0. The molecule has 1 aromatic carbocycles. The van der Waals surface area contributed by atoms with E-state index in [0.29, 0.717) is 6.54 Å². The highest BCUT2D eigenvalue weighted by Crippen LogP contribution is 2.16. The minimum absolute atomic E-state index is 0. The van der Waals surface area contributed by atoms with Gasteiger partial charge in [0.05, 0.1) is 0 Å². The van der Waals surface area contributed by atoms with Gasteiger partial charge >= 0.3 is 0 Å². The first-order valence-electron chi connectivity index (χ1n) is 3.42. The lowest BCUT2D eigenvalue weighted by molar-refractivity contribution is 0.740. The zero-order valence-electron chi connectivity index (χ0n) is 7.21. The topological polar surface area (TPSA) is 38.0 Å². The largest absolute Gasteiger partial charge is 0.271 e. The van der Waals surface area contributed by atoms with Gasteiger partial charge in [0.25, 0.3) is 0 Å². The summed E-state index contributed by atoms with van der Waals surface area (Å²) in [5.74, 6) is 5.19. The van der Waals surface area contributed by atoms with Gasteiger partial charge in [-0.3, -0.25) is 11.3 Å². The van der Waals surface area contributed by atoms with Gasteiger partial charge in [0, 0.05) is 11.0 Å². The summed E-state index contributed by atoms with van der Waals surface area (Å²) >= 11 is 3.43. The molecule has 1 rings (SSSR count). The Kier molecular flexibility index (Phi) is 9.14. The Hall–Kier alpha value is 0.200. The third-order valence-corrected chi connectivity index (χ3v) is 2.42. The Morgan fingerprint density at radius 3 is 2.46 bits per heavy atom. The van der Waals surface area contributed by atoms with Gasteiger partial charge in [-0.25, -0.2) is 0 Å². The standard InChI is InChI=1S/C8H11BrN2.2ClH/c1-6-4-7(5-11-10)2-3-8(6)9;;/h2-4,11H,5,10H2,1H3;2*1H. The molecule has 0 fully saturated rings. The lowest BCUT2D eigenvalue weighted by Gasteiger charge is -2.02. The Bertz CT molecular complexity index is 256. The van der Waals surface area contributed by atoms with Crippen LogP contribution in [0.4, 0.5) is 0 Å². The van der Waals surface area contributed by atoms with E-state index in [4.69, 9.17) is 5.84 Å². The number of hydrazine groups is 1. The monoisotopic (exact) mass is 286 g/mol. The zero-order valence-corrected chi connectivity index (χ0v) is 10.4. The number of nitrogens with one attached hydrogen (secondary N) is 1. The number of rotatable bonds is 2. The Labute approximate surface area is 99.2 Å². The molecule has 5 heteroatoms. The van der Waals surface area contributed by atoms with Crippen molar-refractivity contribution in [1.82, 2.24) is 5.43 Å². The maximum Gasteiger partial charge on any atom is 0.0348 e. The van der Waals surface area contributed by atoms with Crippen LogP contribution in [0.5, 0.6) is 0 Å². The molecular weight excluding hydrogens is 275 g/mol. The van der Waals surface area contributed by atoms with Crippen molar-refractivity contribution >= 4 is 40.7 Å². The van der Waals surface area contributed by atoms with Crippen LogP contribution >= 0.6 is 40.7 Å². The smallest absolute Gasteiger partial charge is 0.0348 e. The van der Waals surface area contributed by atoms with E-state index in [1.807, 2.05) is 12.1 Å². The van der Waals surface area contributed by atoms with E-state index < -0.39 is 0 Å². The van der Waals surface area contributed by atoms with Crippen molar-refractivity contribution in [2.24, 2.45) is 5.84 Å². The SMILES string of the molecule is Cc1cc(CNN)ccc1Br.Cl.Cl. The van der Waals surface area contributed by atoms with Gasteiger partial charge in [-0.05, 0) is 24.1 Å². The number of hydrogen-bond donors (Lipinski definition) is 2. The molecule has 0 amide bonds. The Morgan fingerprint density at radius 2 is 2.00 bits per heavy atom. The third kappa shape index (κ3) is 4.84. The van der Waals surface area contributed by atoms with Crippen molar-refractivity contribution < 1.29 is 0 Å². The van der Waals surface area contributed by atoms with Gasteiger partial charge in [-0.2, -0.15) is 0 Å². The van der Waals surface area contributed by atoms with E-state index in [2.05, 4.69) is 34.3 Å². The van der Waals surface area contributed by atoms with E-state index in [0.717, 1.165) is 4.47 Å². The molecule has 0 unspecified atom stereocenters. The summed E-state index contributed by atoms with van der Waals surface area (Å²) in [7, 11) is 0. The highest BCUT2D eigenvalue weighted by molar-refractivity contribution is 9.10. The number of nitrogens with two attached hydrogens (primary N) is 1. The van der Waals surface area contributed by atoms with Gasteiger partial charge in [-0.1, -0.05) is 28.1 Å². The van der Waals surface area contributed by atoms with E-state index in [1.165, 1.54) is 11.1 Å². The molecule has 2 nitrogen and oxygen atoms in total. The summed E-state index contributed by atoms with van der Waals surface area (Å²) in [6, 6.07) is 6.17. The summed E-state index contributed by atoms with van der Waals surface area (Å²) in [4.78, 5) is 0. The maximum atomic E-state index is 5.19. The molecule has 0 heterocycles. The lowest BCUT2D eigenvalue weighted by atomic mass is 10.1. The zero-order chi connectivity index (χ0) is 8.27. The quantitative estimate of drug-likeness (QED) is 0.648. The average Bonchev–Trinajstić information content (AvgIpc) is 1.98. The summed E-state index contributed by atoms with van der Waals surface area (Å²) in [6.07, 6.45) is 0. The highest BCUT2D eigenvalue weighted by atomic mass is 79.9. The van der Waals surface area contributed by atoms with E-state index in [1.54, 1.807) is 0 Å². The molecule has 0 bridgehead atoms. The van der Waals surface area contributed by atoms with Gasteiger partial charge in [0.1, 0.15) is 0 Å². The lowest BCUT2D eigenvalue weighted by Crippen LogP contribution is -2.20. The molecule has 0 aromatic heterocycles. The average molecular weight is 288 g/mol. The molecule has 0 aliphatic rings. The highest BCUT2D eigenvalue weighted by Gasteiger charge is 1.95. The molecule has 0 radical (unpaired) electrons. The van der Waals surface area contributed by atoms with Crippen LogP contribution in [0.1, 0.15) is 11.1 Å². The molecule has 0 saturated heterocycles. The van der Waals surface area contributed by atoms with Crippen LogP contribution in [0.2, 0.25) is 0 Å². The predicted molar refractivity (Wildman–Crippen MR) is 64.4 cm³/mol. The van der Waals surface area contributed by atoms with Crippen molar-refractivity contribution in [2.75, 3.05) is 0 Å². The second kappa shape index (κ2) is 7.59. The van der Waals surface area contributed by atoms with Crippen molar-refractivity contribution in [1.29, 1.82) is 0 Å². The molecule has 76 valence electrons. The second-order valence-electron chi connectivity index (χ2n) is 2.46. The normalized spacial score (nSPS) is 8.54. The van der Waals surface area contributed by atoms with Crippen molar-refractivity contribution in [3.63, 3.8) is 0 Å². The minimum atomic E-state index is 0. The van der Waals surface area contributed by atoms with Gasteiger partial charge in [0.15, 0.2) is 0 Å². The van der Waals surface area contributed by atoms with Gasteiger partial charge in [-0.15, -0.1) is 24.8 Å². The number of halogens is 3. The molecule has 0 atom stereocenters. The van der Waals surface area contributed by atoms with Crippen LogP contribution in [0.25, 0.3) is 0 Å². The van der Waals surface area contributed by atoms with E-state index >= 15 is 0 Å². The van der Waals surface area contributed by atoms with E-state index in [9.17, 15) is 0 Å². The summed E-state index contributed by atoms with van der Waals surface area (Å²) < 4.78 is 1.14. The summed E-state index contributed by atoms with van der Waals surface area (Å²) in [6.45, 7) is 2.78. The molecular formula is C8H13BrCl2N2. The molecule has 3 N–H and O–H groups in total. The first-order chi connectivity index (χ1) is 5.24. The van der Waals surface area contributed by atoms with Crippen LogP contribution in [0.15, 0.2) is 22.7 Å². The number of aryl methyl sites for hydroxylation is 1. The second-order valence-corrected chi connectivity index (χ2v) is 3.32. The van der Waals surface area contributed by atoms with Gasteiger partial charge in [0.2, 0.25) is 0 Å². The number of benzene rings is 1. The fraction of sp³-hybridized carbons (Fsp3) is 0.250. The molecule has 0 aliphatic carbocycles. The first-order valence-corrected chi connectivity index (χ1v) is 4.22.